The maximum Gasteiger partial charge on any atom is 0.167 e. The molecule has 4 nitrogen and oxygen atoms in total. The van der Waals surface area contributed by atoms with Crippen LogP contribution in [0, 0.1) is 0 Å². The van der Waals surface area contributed by atoms with Gasteiger partial charge in [-0.3, -0.25) is 0 Å². The van der Waals surface area contributed by atoms with E-state index in [9.17, 15) is 0 Å². The lowest BCUT2D eigenvalue weighted by Gasteiger charge is -2.23. The molecule has 2 heterocycles. The van der Waals surface area contributed by atoms with E-state index in [0.717, 1.165) is 42.6 Å². The van der Waals surface area contributed by atoms with E-state index in [1.165, 1.54) is 0 Å². The van der Waals surface area contributed by atoms with Gasteiger partial charge in [0, 0.05) is 5.39 Å². The molecule has 0 atom stereocenters. The Morgan fingerprint density at radius 3 is 3.06 bits per heavy atom. The highest BCUT2D eigenvalue weighted by Gasteiger charge is 2.14. The zero-order chi connectivity index (χ0) is 10.8. The molecule has 1 fully saturated rings. The third-order valence-corrected chi connectivity index (χ3v) is 2.91. The van der Waals surface area contributed by atoms with Crippen LogP contribution in [0.5, 0.6) is 5.75 Å². The van der Waals surface area contributed by atoms with Crippen molar-refractivity contribution in [2.75, 3.05) is 13.1 Å². The Labute approximate surface area is 93.6 Å². The fraction of sp³-hybridized carbons (Fsp3) is 0.417. The lowest BCUT2D eigenvalue weighted by Crippen LogP contribution is -2.34. The minimum atomic E-state index is 0.332. The number of piperidine rings is 1. The largest absolute Gasteiger partial charge is 0.490 e. The lowest BCUT2D eigenvalue weighted by molar-refractivity contribution is 0.162. The van der Waals surface area contributed by atoms with Crippen LogP contribution in [0.15, 0.2) is 28.9 Å². The molecule has 1 aliphatic rings. The van der Waals surface area contributed by atoms with Crippen molar-refractivity contribution in [3.05, 3.63) is 24.4 Å². The van der Waals surface area contributed by atoms with Crippen LogP contribution >= 0.6 is 0 Å². The molecule has 84 valence electrons. The zero-order valence-corrected chi connectivity index (χ0v) is 8.98. The van der Waals surface area contributed by atoms with Crippen molar-refractivity contribution in [3.63, 3.8) is 0 Å². The fourth-order valence-electron chi connectivity index (χ4n) is 2.03. The number of ether oxygens (including phenoxy) is 1. The molecule has 0 amide bonds. The van der Waals surface area contributed by atoms with E-state index >= 15 is 0 Å². The predicted molar refractivity (Wildman–Crippen MR) is 60.5 cm³/mol. The second-order valence-electron chi connectivity index (χ2n) is 4.09. The van der Waals surface area contributed by atoms with Gasteiger partial charge in [0.15, 0.2) is 5.58 Å². The van der Waals surface area contributed by atoms with Crippen LogP contribution in [-0.2, 0) is 0 Å². The van der Waals surface area contributed by atoms with Crippen LogP contribution in [0.3, 0.4) is 0 Å². The van der Waals surface area contributed by atoms with Gasteiger partial charge in [-0.25, -0.2) is 0 Å². The van der Waals surface area contributed by atoms with Gasteiger partial charge in [0.1, 0.15) is 11.9 Å². The summed E-state index contributed by atoms with van der Waals surface area (Å²) in [5.74, 6) is 0.905. The molecule has 0 spiro atoms. The van der Waals surface area contributed by atoms with Gasteiger partial charge in [0.05, 0.1) is 6.20 Å². The molecule has 3 rings (SSSR count). The number of fused-ring (bicyclic) bond motifs is 1. The lowest BCUT2D eigenvalue weighted by atomic mass is 10.1. The van der Waals surface area contributed by atoms with Crippen LogP contribution < -0.4 is 10.1 Å². The Morgan fingerprint density at radius 1 is 1.31 bits per heavy atom. The third-order valence-electron chi connectivity index (χ3n) is 2.91. The maximum absolute atomic E-state index is 5.92. The first-order valence-electron chi connectivity index (χ1n) is 5.64. The summed E-state index contributed by atoms with van der Waals surface area (Å²) in [5.41, 5.74) is 0.803. The number of benzene rings is 1. The van der Waals surface area contributed by atoms with E-state index in [2.05, 4.69) is 10.5 Å². The molecule has 1 aliphatic heterocycles. The molecule has 1 N–H and O–H groups in total. The molecule has 1 aromatic heterocycles. The first-order chi connectivity index (χ1) is 7.92. The monoisotopic (exact) mass is 218 g/mol. The van der Waals surface area contributed by atoms with Crippen molar-refractivity contribution < 1.29 is 9.26 Å². The van der Waals surface area contributed by atoms with E-state index < -0.39 is 0 Å². The molecule has 0 aliphatic carbocycles. The standard InChI is InChI=1S/C12H14N2O2/c1-2-12-9(8-14-16-12)7-11(1)15-10-3-5-13-6-4-10/h1-2,7-8,10,13H,3-6H2. The summed E-state index contributed by atoms with van der Waals surface area (Å²) in [7, 11) is 0. The van der Waals surface area contributed by atoms with Crippen molar-refractivity contribution in [2.24, 2.45) is 0 Å². The van der Waals surface area contributed by atoms with Crippen molar-refractivity contribution in [1.82, 2.24) is 10.5 Å². The number of hydrogen-bond acceptors (Lipinski definition) is 4. The van der Waals surface area contributed by atoms with E-state index in [1.807, 2.05) is 18.2 Å². The molecule has 16 heavy (non-hydrogen) atoms. The van der Waals surface area contributed by atoms with Crippen LogP contribution in [0.1, 0.15) is 12.8 Å². The quantitative estimate of drug-likeness (QED) is 0.837. The highest BCUT2D eigenvalue weighted by molar-refractivity contribution is 5.77. The summed E-state index contributed by atoms with van der Waals surface area (Å²) in [6.45, 7) is 2.08. The van der Waals surface area contributed by atoms with Crippen molar-refractivity contribution in [1.29, 1.82) is 0 Å². The molecule has 0 bridgehead atoms. The molecule has 0 radical (unpaired) electrons. The Kier molecular flexibility index (Phi) is 2.50. The summed E-state index contributed by atoms with van der Waals surface area (Å²) >= 11 is 0. The minimum Gasteiger partial charge on any atom is -0.490 e. The van der Waals surface area contributed by atoms with E-state index in [-0.39, 0.29) is 0 Å². The molecule has 2 aromatic rings. The summed E-state index contributed by atoms with van der Waals surface area (Å²) in [6.07, 6.45) is 4.19. The van der Waals surface area contributed by atoms with E-state index in [1.54, 1.807) is 6.20 Å². The average molecular weight is 218 g/mol. The van der Waals surface area contributed by atoms with Crippen molar-refractivity contribution in [3.8, 4) is 5.75 Å². The SMILES string of the molecule is c1cc2oncc2cc1OC1CCNCC1. The van der Waals surface area contributed by atoms with Crippen LogP contribution in [0.4, 0.5) is 0 Å². The maximum atomic E-state index is 5.92. The topological polar surface area (TPSA) is 47.3 Å². The Balaban J connectivity index is 1.77. The highest BCUT2D eigenvalue weighted by Crippen LogP contribution is 2.22. The van der Waals surface area contributed by atoms with Crippen molar-refractivity contribution in [2.45, 2.75) is 18.9 Å². The van der Waals surface area contributed by atoms with Gasteiger partial charge in [-0.2, -0.15) is 0 Å². The summed E-state index contributed by atoms with van der Waals surface area (Å²) in [5, 5.41) is 8.06. The molecule has 1 saturated heterocycles. The zero-order valence-electron chi connectivity index (χ0n) is 8.98. The second-order valence-corrected chi connectivity index (χ2v) is 4.09. The number of hydrogen-bond donors (Lipinski definition) is 1. The predicted octanol–water partition coefficient (Wildman–Crippen LogP) is 1.96. The first-order valence-corrected chi connectivity index (χ1v) is 5.64. The van der Waals surface area contributed by atoms with Gasteiger partial charge in [-0.1, -0.05) is 5.16 Å². The van der Waals surface area contributed by atoms with Gasteiger partial charge in [0.2, 0.25) is 0 Å². The molecule has 1 aromatic carbocycles. The summed E-state index contributed by atoms with van der Waals surface area (Å²) in [6, 6.07) is 5.82. The Hall–Kier alpha value is -1.55. The number of aromatic nitrogens is 1. The van der Waals surface area contributed by atoms with Gasteiger partial charge in [0.25, 0.3) is 0 Å². The smallest absolute Gasteiger partial charge is 0.167 e. The number of nitrogens with one attached hydrogen (secondary N) is 1. The number of rotatable bonds is 2. The van der Waals surface area contributed by atoms with E-state index in [0.29, 0.717) is 6.10 Å². The molecule has 0 unspecified atom stereocenters. The molecule has 4 heteroatoms. The molecular weight excluding hydrogens is 204 g/mol. The van der Waals surface area contributed by atoms with E-state index in [4.69, 9.17) is 9.26 Å². The molecular formula is C12H14N2O2. The van der Waals surface area contributed by atoms with Gasteiger partial charge >= 0.3 is 0 Å². The van der Waals surface area contributed by atoms with Crippen LogP contribution in [0.2, 0.25) is 0 Å². The van der Waals surface area contributed by atoms with Crippen molar-refractivity contribution >= 4 is 11.0 Å². The normalized spacial score (nSPS) is 17.8. The average Bonchev–Trinajstić information content (AvgIpc) is 2.77. The van der Waals surface area contributed by atoms with Gasteiger partial charge in [-0.05, 0) is 44.1 Å². The molecule has 0 saturated carbocycles. The highest BCUT2D eigenvalue weighted by atomic mass is 16.5. The third kappa shape index (κ3) is 1.88. The van der Waals surface area contributed by atoms with Crippen LogP contribution in [-0.4, -0.2) is 24.4 Å². The van der Waals surface area contributed by atoms with Gasteiger partial charge < -0.3 is 14.6 Å². The Morgan fingerprint density at radius 2 is 2.19 bits per heavy atom. The number of nitrogens with zero attached hydrogens (tertiary/aromatic N) is 1. The minimum absolute atomic E-state index is 0.332. The fourth-order valence-corrected chi connectivity index (χ4v) is 2.03. The Bertz CT molecular complexity index is 475. The second kappa shape index (κ2) is 4.14. The van der Waals surface area contributed by atoms with Crippen LogP contribution in [0.25, 0.3) is 11.0 Å². The summed E-state index contributed by atoms with van der Waals surface area (Å²) < 4.78 is 11.0. The first kappa shape index (κ1) is 9.66. The summed E-state index contributed by atoms with van der Waals surface area (Å²) in [4.78, 5) is 0. The van der Waals surface area contributed by atoms with Gasteiger partial charge in [-0.15, -0.1) is 0 Å².